The van der Waals surface area contributed by atoms with Crippen molar-refractivity contribution in [2.75, 3.05) is 25.4 Å². The first kappa shape index (κ1) is 24.5. The van der Waals surface area contributed by atoms with Crippen molar-refractivity contribution in [2.24, 2.45) is 22.2 Å². The van der Waals surface area contributed by atoms with Crippen molar-refractivity contribution in [3.63, 3.8) is 0 Å². The number of likely N-dealkylation sites (tertiary alicyclic amines) is 1. The molecule has 1 heterocycles. The number of guanidine groups is 1. The lowest BCUT2D eigenvalue weighted by molar-refractivity contribution is -0.142. The number of carbonyl (C=O) groups is 4. The van der Waals surface area contributed by atoms with Crippen molar-refractivity contribution >= 4 is 42.3 Å². The van der Waals surface area contributed by atoms with Crippen LogP contribution in [0.3, 0.4) is 0 Å². The fraction of sp³-hybridized carbons (Fsp3) is 0.688. The molecule has 0 aliphatic carbocycles. The molecule has 0 bridgehead atoms. The highest BCUT2D eigenvalue weighted by atomic mass is 32.1. The van der Waals surface area contributed by atoms with Crippen LogP contribution in [0, 0.1) is 0 Å². The van der Waals surface area contributed by atoms with Crippen molar-refractivity contribution < 1.29 is 24.3 Å². The van der Waals surface area contributed by atoms with Gasteiger partial charge in [0.25, 0.3) is 0 Å². The number of carboxylic acid groups (broad SMARTS) is 1. The number of hydrogen-bond donors (Lipinski definition) is 7. The van der Waals surface area contributed by atoms with Crippen LogP contribution in [-0.2, 0) is 19.2 Å². The molecule has 3 amide bonds. The van der Waals surface area contributed by atoms with E-state index in [0.717, 1.165) is 0 Å². The zero-order valence-electron chi connectivity index (χ0n) is 16.0. The predicted octanol–water partition coefficient (Wildman–Crippen LogP) is -3.03. The summed E-state index contributed by atoms with van der Waals surface area (Å²) in [6.45, 7) is 0.132. The molecular formula is C16H29N7O5S. The Bertz CT molecular complexity index is 641. The van der Waals surface area contributed by atoms with Gasteiger partial charge in [0.05, 0.1) is 6.04 Å². The highest BCUT2D eigenvalue weighted by Gasteiger charge is 2.37. The minimum atomic E-state index is -1.18. The minimum Gasteiger partial charge on any atom is -0.480 e. The third-order valence-corrected chi connectivity index (χ3v) is 4.72. The van der Waals surface area contributed by atoms with Crippen LogP contribution in [0.2, 0.25) is 0 Å². The lowest BCUT2D eigenvalue weighted by Gasteiger charge is -2.28. The molecule has 0 aromatic rings. The summed E-state index contributed by atoms with van der Waals surface area (Å²) in [6.07, 6.45) is 1.81. The molecule has 1 fully saturated rings. The van der Waals surface area contributed by atoms with Gasteiger partial charge in [0.1, 0.15) is 18.6 Å². The van der Waals surface area contributed by atoms with E-state index in [4.69, 9.17) is 22.3 Å². The maximum absolute atomic E-state index is 12.8. The molecule has 13 heteroatoms. The van der Waals surface area contributed by atoms with E-state index in [-0.39, 0.29) is 11.7 Å². The molecule has 3 unspecified atom stereocenters. The van der Waals surface area contributed by atoms with E-state index < -0.39 is 48.4 Å². The molecule has 0 radical (unpaired) electrons. The number of aliphatic carboxylic acids is 1. The van der Waals surface area contributed by atoms with Crippen LogP contribution in [0.25, 0.3) is 0 Å². The standard InChI is InChI=1S/C16H29N7O5S/c17-9(3-1-5-20-16(18)19)13(26)22-10(8-29)15(28)23-6-2-4-11(23)14(27)21-7-12(24)25/h9-11,29H,1-8,17H2,(H,21,27)(H,22,26)(H,24,25)(H4,18,19,20). The first-order valence-electron chi connectivity index (χ1n) is 9.19. The second kappa shape index (κ2) is 12.1. The van der Waals surface area contributed by atoms with Gasteiger partial charge in [0.2, 0.25) is 17.7 Å². The predicted molar refractivity (Wildman–Crippen MR) is 109 cm³/mol. The van der Waals surface area contributed by atoms with E-state index in [1.807, 2.05) is 0 Å². The molecule has 0 aromatic heterocycles. The Morgan fingerprint density at radius 2 is 1.97 bits per heavy atom. The summed E-state index contributed by atoms with van der Waals surface area (Å²) >= 11 is 4.12. The van der Waals surface area contributed by atoms with Gasteiger partial charge in [-0.1, -0.05) is 0 Å². The first-order valence-corrected chi connectivity index (χ1v) is 9.82. The fourth-order valence-corrected chi connectivity index (χ4v) is 3.15. The monoisotopic (exact) mass is 431 g/mol. The van der Waals surface area contributed by atoms with Crippen LogP contribution in [0.4, 0.5) is 0 Å². The fourth-order valence-electron chi connectivity index (χ4n) is 2.90. The Labute approximate surface area is 174 Å². The van der Waals surface area contributed by atoms with Crippen LogP contribution < -0.4 is 27.8 Å². The summed E-state index contributed by atoms with van der Waals surface area (Å²) in [7, 11) is 0. The highest BCUT2D eigenvalue weighted by molar-refractivity contribution is 7.80. The van der Waals surface area contributed by atoms with Crippen LogP contribution in [0.15, 0.2) is 4.99 Å². The van der Waals surface area contributed by atoms with Crippen molar-refractivity contribution in [3.8, 4) is 0 Å². The van der Waals surface area contributed by atoms with Gasteiger partial charge in [-0.15, -0.1) is 0 Å². The smallest absolute Gasteiger partial charge is 0.322 e. The van der Waals surface area contributed by atoms with Gasteiger partial charge in [0.15, 0.2) is 5.96 Å². The minimum absolute atomic E-state index is 0.0191. The largest absolute Gasteiger partial charge is 0.480 e. The summed E-state index contributed by atoms with van der Waals surface area (Å²) in [5, 5.41) is 13.5. The molecule has 1 saturated heterocycles. The quantitative estimate of drug-likeness (QED) is 0.0773. The van der Waals surface area contributed by atoms with Gasteiger partial charge >= 0.3 is 5.97 Å². The summed E-state index contributed by atoms with van der Waals surface area (Å²) in [4.78, 5) is 53.0. The van der Waals surface area contributed by atoms with Crippen LogP contribution in [-0.4, -0.2) is 83.2 Å². The molecular weight excluding hydrogens is 402 g/mol. The number of hydrogen-bond acceptors (Lipinski definition) is 7. The lowest BCUT2D eigenvalue weighted by Crippen LogP contribution is -2.56. The molecule has 1 rings (SSSR count). The van der Waals surface area contributed by atoms with E-state index in [9.17, 15) is 19.2 Å². The molecule has 1 aliphatic rings. The van der Waals surface area contributed by atoms with Gasteiger partial charge in [-0.05, 0) is 25.7 Å². The molecule has 9 N–H and O–H groups in total. The Morgan fingerprint density at radius 3 is 2.55 bits per heavy atom. The van der Waals surface area contributed by atoms with E-state index in [1.54, 1.807) is 0 Å². The zero-order chi connectivity index (χ0) is 22.0. The molecule has 164 valence electrons. The lowest BCUT2D eigenvalue weighted by atomic mass is 10.1. The van der Waals surface area contributed by atoms with Gasteiger partial charge in [0, 0.05) is 18.8 Å². The Balaban J connectivity index is 2.62. The van der Waals surface area contributed by atoms with Crippen LogP contribution in [0.5, 0.6) is 0 Å². The number of carbonyl (C=O) groups excluding carboxylic acids is 3. The van der Waals surface area contributed by atoms with Gasteiger partial charge in [-0.2, -0.15) is 12.6 Å². The Morgan fingerprint density at radius 1 is 1.28 bits per heavy atom. The number of carboxylic acids is 1. The maximum atomic E-state index is 12.8. The number of aliphatic imine (C=N–C) groups is 1. The summed E-state index contributed by atoms with van der Waals surface area (Å²) in [6, 6.07) is -2.59. The van der Waals surface area contributed by atoms with Crippen LogP contribution in [0.1, 0.15) is 25.7 Å². The van der Waals surface area contributed by atoms with E-state index in [1.165, 1.54) is 4.90 Å². The summed E-state index contributed by atoms with van der Waals surface area (Å²) in [5.74, 6) is -2.73. The Kier molecular flexibility index (Phi) is 10.2. The maximum Gasteiger partial charge on any atom is 0.322 e. The van der Waals surface area contributed by atoms with Crippen molar-refractivity contribution in [1.82, 2.24) is 15.5 Å². The topological polar surface area (TPSA) is 206 Å². The van der Waals surface area contributed by atoms with Gasteiger partial charge in [-0.25, -0.2) is 0 Å². The first-order chi connectivity index (χ1) is 13.7. The second-order valence-electron chi connectivity index (χ2n) is 6.60. The average molecular weight is 432 g/mol. The molecule has 12 nitrogen and oxygen atoms in total. The molecule has 1 aliphatic heterocycles. The number of amides is 3. The average Bonchev–Trinajstić information content (AvgIpc) is 3.16. The number of rotatable bonds is 11. The second-order valence-corrected chi connectivity index (χ2v) is 6.97. The van der Waals surface area contributed by atoms with E-state index in [0.29, 0.717) is 38.8 Å². The van der Waals surface area contributed by atoms with E-state index in [2.05, 4.69) is 28.3 Å². The number of nitrogens with two attached hydrogens (primary N) is 3. The van der Waals surface area contributed by atoms with Gasteiger partial charge < -0.3 is 37.8 Å². The van der Waals surface area contributed by atoms with Gasteiger partial charge in [-0.3, -0.25) is 24.2 Å². The third-order valence-electron chi connectivity index (χ3n) is 4.35. The summed E-state index contributed by atoms with van der Waals surface area (Å²) < 4.78 is 0. The molecule has 29 heavy (non-hydrogen) atoms. The normalized spacial score (nSPS) is 17.9. The molecule has 0 saturated carbocycles. The van der Waals surface area contributed by atoms with Crippen LogP contribution >= 0.6 is 12.6 Å². The van der Waals surface area contributed by atoms with Crippen molar-refractivity contribution in [3.05, 3.63) is 0 Å². The zero-order valence-corrected chi connectivity index (χ0v) is 16.9. The number of nitrogens with zero attached hydrogens (tertiary/aromatic N) is 2. The Hall–Kier alpha value is -2.54. The van der Waals surface area contributed by atoms with Crippen molar-refractivity contribution in [2.45, 2.75) is 43.8 Å². The molecule has 3 atom stereocenters. The SMILES string of the molecule is NC(N)=NCCCC(N)C(=O)NC(CS)C(=O)N1CCCC1C(=O)NCC(=O)O. The summed E-state index contributed by atoms with van der Waals surface area (Å²) in [5.41, 5.74) is 16.3. The van der Waals surface area contributed by atoms with Crippen molar-refractivity contribution in [1.29, 1.82) is 0 Å². The molecule has 0 aromatic carbocycles. The molecule has 0 spiro atoms. The third kappa shape index (κ3) is 8.15. The number of thiol groups is 1. The highest BCUT2D eigenvalue weighted by Crippen LogP contribution is 2.19. The van der Waals surface area contributed by atoms with E-state index >= 15 is 0 Å². The number of nitrogens with one attached hydrogen (secondary N) is 2.